The number of aliphatic carboxylic acids is 1. The lowest BCUT2D eigenvalue weighted by molar-refractivity contribution is -0.147. The van der Waals surface area contributed by atoms with E-state index in [4.69, 9.17) is 4.74 Å². The third-order valence-corrected chi connectivity index (χ3v) is 4.71. The summed E-state index contributed by atoms with van der Waals surface area (Å²) in [5, 5.41) is 9.51. The third-order valence-electron chi connectivity index (χ3n) is 4.71. The predicted octanol–water partition coefficient (Wildman–Crippen LogP) is 2.73. The van der Waals surface area contributed by atoms with Crippen LogP contribution in [0.2, 0.25) is 0 Å². The summed E-state index contributed by atoms with van der Waals surface area (Å²) in [7, 11) is 3.67. The van der Waals surface area contributed by atoms with Crippen LogP contribution in [0.1, 0.15) is 32.3 Å². The van der Waals surface area contributed by atoms with Gasteiger partial charge in [0.1, 0.15) is 11.9 Å². The number of benzene rings is 1. The Morgan fingerprint density at radius 2 is 2.08 bits per heavy atom. The second-order valence-corrected chi connectivity index (χ2v) is 6.57. The normalized spacial score (nSPS) is 21.7. The maximum atomic E-state index is 14.0. The number of anilines is 1. The lowest BCUT2D eigenvalue weighted by Gasteiger charge is -2.35. The van der Waals surface area contributed by atoms with Gasteiger partial charge in [-0.1, -0.05) is 6.92 Å². The Labute approximate surface area is 152 Å². The van der Waals surface area contributed by atoms with Gasteiger partial charge in [-0.15, -0.1) is 0 Å². The maximum absolute atomic E-state index is 14.0. The molecule has 2 unspecified atom stereocenters. The number of carbonyl (C=O) groups excluding carboxylic acids is 1. The molecule has 0 radical (unpaired) electrons. The molecule has 0 aliphatic carbocycles. The molecular formula is C19H25FN2O4. The van der Waals surface area contributed by atoms with Crippen LogP contribution in [-0.4, -0.2) is 48.7 Å². The van der Waals surface area contributed by atoms with Crippen molar-refractivity contribution in [2.24, 2.45) is 0 Å². The van der Waals surface area contributed by atoms with Gasteiger partial charge in [-0.2, -0.15) is 0 Å². The molecule has 0 spiro atoms. The van der Waals surface area contributed by atoms with Gasteiger partial charge in [0.2, 0.25) is 0 Å². The highest BCUT2D eigenvalue weighted by Crippen LogP contribution is 2.50. The number of fused-ring (bicyclic) bond motifs is 1. The summed E-state index contributed by atoms with van der Waals surface area (Å²) >= 11 is 0. The first-order chi connectivity index (χ1) is 12.3. The first-order valence-corrected chi connectivity index (χ1v) is 8.58. The fourth-order valence-corrected chi connectivity index (χ4v) is 3.59. The standard InChI is InChI=1S/C19H25FN2O4/c1-5-19(12-16(23)24)14-11-13(20)7-8-15(14)22(10-9-21(3)4)17(19)18(25)26-6-2/h7-11,17H,5-6,12H2,1-4H3,(H,23,24). The van der Waals surface area contributed by atoms with E-state index in [1.807, 2.05) is 21.0 Å². The van der Waals surface area contributed by atoms with Gasteiger partial charge in [-0.25, -0.2) is 9.18 Å². The van der Waals surface area contributed by atoms with Crippen molar-refractivity contribution < 1.29 is 23.8 Å². The molecule has 6 nitrogen and oxygen atoms in total. The average Bonchev–Trinajstić information content (AvgIpc) is 2.82. The van der Waals surface area contributed by atoms with E-state index in [1.165, 1.54) is 12.1 Å². The van der Waals surface area contributed by atoms with Crippen LogP contribution in [0.15, 0.2) is 30.6 Å². The van der Waals surface area contributed by atoms with E-state index < -0.39 is 29.2 Å². The number of carboxylic acids is 1. The predicted molar refractivity (Wildman–Crippen MR) is 96.3 cm³/mol. The number of halogens is 1. The number of hydrogen-bond donors (Lipinski definition) is 1. The molecule has 2 rings (SSSR count). The Kier molecular flexibility index (Phi) is 5.90. The van der Waals surface area contributed by atoms with E-state index in [1.54, 1.807) is 35.2 Å². The molecule has 7 heteroatoms. The molecule has 1 aromatic rings. The van der Waals surface area contributed by atoms with E-state index in [0.717, 1.165) is 0 Å². The van der Waals surface area contributed by atoms with Gasteiger partial charge in [0.25, 0.3) is 0 Å². The van der Waals surface area contributed by atoms with Crippen LogP contribution in [0.3, 0.4) is 0 Å². The summed E-state index contributed by atoms with van der Waals surface area (Å²) in [6, 6.07) is 3.34. The van der Waals surface area contributed by atoms with Crippen molar-refractivity contribution in [1.29, 1.82) is 0 Å². The number of rotatable bonds is 7. The van der Waals surface area contributed by atoms with Crippen LogP contribution in [0.4, 0.5) is 10.1 Å². The Bertz CT molecular complexity index is 719. The maximum Gasteiger partial charge on any atom is 0.330 e. The van der Waals surface area contributed by atoms with Gasteiger partial charge in [0.05, 0.1) is 13.0 Å². The van der Waals surface area contributed by atoms with Crippen molar-refractivity contribution in [3.8, 4) is 0 Å². The van der Waals surface area contributed by atoms with E-state index in [-0.39, 0.29) is 13.0 Å². The zero-order valence-corrected chi connectivity index (χ0v) is 15.5. The van der Waals surface area contributed by atoms with Crippen molar-refractivity contribution in [2.45, 2.75) is 38.1 Å². The van der Waals surface area contributed by atoms with Gasteiger partial charge in [0, 0.05) is 37.6 Å². The molecule has 1 N–H and O–H groups in total. The van der Waals surface area contributed by atoms with Crippen LogP contribution >= 0.6 is 0 Å². The van der Waals surface area contributed by atoms with E-state index in [2.05, 4.69) is 0 Å². The van der Waals surface area contributed by atoms with Crippen LogP contribution in [0.25, 0.3) is 0 Å². The number of ether oxygens (including phenoxy) is 1. The molecule has 1 aliphatic rings. The highest BCUT2D eigenvalue weighted by molar-refractivity contribution is 5.89. The summed E-state index contributed by atoms with van der Waals surface area (Å²) in [6.45, 7) is 3.69. The monoisotopic (exact) mass is 364 g/mol. The first-order valence-electron chi connectivity index (χ1n) is 8.58. The zero-order valence-electron chi connectivity index (χ0n) is 15.5. The molecule has 1 aromatic carbocycles. The summed E-state index contributed by atoms with van der Waals surface area (Å²) in [5.74, 6) is -2.03. The molecular weight excluding hydrogens is 339 g/mol. The molecule has 26 heavy (non-hydrogen) atoms. The van der Waals surface area contributed by atoms with Gasteiger partial charge < -0.3 is 19.6 Å². The quantitative estimate of drug-likeness (QED) is 0.750. The molecule has 0 bridgehead atoms. The Morgan fingerprint density at radius 3 is 2.62 bits per heavy atom. The minimum atomic E-state index is -1.08. The molecule has 0 aromatic heterocycles. The molecule has 1 heterocycles. The Balaban J connectivity index is 2.71. The van der Waals surface area contributed by atoms with E-state index in [0.29, 0.717) is 17.7 Å². The van der Waals surface area contributed by atoms with Crippen LogP contribution in [0.5, 0.6) is 0 Å². The van der Waals surface area contributed by atoms with Gasteiger partial charge in [-0.05, 0) is 37.1 Å². The molecule has 142 valence electrons. The SMILES string of the molecule is CCOC(=O)C1N(C=CN(C)C)c2ccc(F)cc2C1(CC)CC(=O)O. The van der Waals surface area contributed by atoms with E-state index in [9.17, 15) is 19.1 Å². The minimum Gasteiger partial charge on any atom is -0.481 e. The number of carboxylic acid groups (broad SMARTS) is 1. The number of carbonyl (C=O) groups is 2. The summed E-state index contributed by atoms with van der Waals surface area (Å²) in [6.07, 6.45) is 3.52. The fourth-order valence-electron chi connectivity index (χ4n) is 3.59. The van der Waals surface area contributed by atoms with Crippen molar-refractivity contribution in [2.75, 3.05) is 25.6 Å². The van der Waals surface area contributed by atoms with Crippen LogP contribution in [-0.2, 0) is 19.7 Å². The first kappa shape index (κ1) is 19.8. The largest absolute Gasteiger partial charge is 0.481 e. The van der Waals surface area contributed by atoms with E-state index >= 15 is 0 Å². The highest BCUT2D eigenvalue weighted by atomic mass is 19.1. The molecule has 0 fully saturated rings. The topological polar surface area (TPSA) is 70.1 Å². The average molecular weight is 364 g/mol. The van der Waals surface area contributed by atoms with Gasteiger partial charge in [0.15, 0.2) is 0 Å². The lowest BCUT2D eigenvalue weighted by Crippen LogP contribution is -2.50. The number of hydrogen-bond acceptors (Lipinski definition) is 5. The van der Waals surface area contributed by atoms with Gasteiger partial charge >= 0.3 is 11.9 Å². The van der Waals surface area contributed by atoms with Crippen LogP contribution in [0, 0.1) is 5.82 Å². The van der Waals surface area contributed by atoms with Gasteiger partial charge in [-0.3, -0.25) is 4.79 Å². The van der Waals surface area contributed by atoms with Crippen LogP contribution < -0.4 is 4.90 Å². The molecule has 0 saturated heterocycles. The second-order valence-electron chi connectivity index (χ2n) is 6.57. The van der Waals surface area contributed by atoms with Crippen molar-refractivity contribution in [3.05, 3.63) is 42.0 Å². The molecule has 2 atom stereocenters. The third kappa shape index (κ3) is 3.52. The van der Waals surface area contributed by atoms with Crippen molar-refractivity contribution >= 4 is 17.6 Å². The Hall–Kier alpha value is -2.57. The summed E-state index contributed by atoms with van der Waals surface area (Å²) in [5.41, 5.74) is 0.0566. The number of esters is 1. The number of nitrogens with zero attached hydrogens (tertiary/aromatic N) is 2. The van der Waals surface area contributed by atoms with Crippen molar-refractivity contribution in [1.82, 2.24) is 4.90 Å². The lowest BCUT2D eigenvalue weighted by atomic mass is 9.71. The summed E-state index contributed by atoms with van der Waals surface area (Å²) in [4.78, 5) is 27.9. The summed E-state index contributed by atoms with van der Waals surface area (Å²) < 4.78 is 19.2. The molecule has 0 amide bonds. The second kappa shape index (κ2) is 7.76. The Morgan fingerprint density at radius 1 is 1.38 bits per heavy atom. The molecule has 1 aliphatic heterocycles. The smallest absolute Gasteiger partial charge is 0.330 e. The zero-order chi connectivity index (χ0) is 19.5. The highest BCUT2D eigenvalue weighted by Gasteiger charge is 2.55. The van der Waals surface area contributed by atoms with Crippen molar-refractivity contribution in [3.63, 3.8) is 0 Å². The fraction of sp³-hybridized carbons (Fsp3) is 0.474. The molecule has 0 saturated carbocycles. The minimum absolute atomic E-state index is 0.179.